The molecule has 0 heterocycles. The Hall–Kier alpha value is -1.86. The van der Waals surface area contributed by atoms with Crippen LogP contribution in [-0.2, 0) is 19.5 Å². The fraction of sp³-hybridized carbons (Fsp3) is 0. The number of rotatable bonds is 0. The van der Waals surface area contributed by atoms with Crippen LogP contribution < -0.4 is 0 Å². The molecule has 0 unspecified atom stereocenters. The molecule has 0 saturated carbocycles. The average molecular weight is 328 g/mol. The van der Waals surface area contributed by atoms with Crippen molar-refractivity contribution >= 4 is 0 Å². The normalized spacial score (nSPS) is 4.80. The first-order valence-corrected chi connectivity index (χ1v) is 1.70. The maximum absolute atomic E-state index is 8.36. The van der Waals surface area contributed by atoms with E-state index < -0.39 is 15.3 Å². The molecule has 0 aliphatic heterocycles. The monoisotopic (exact) mass is 328 g/mol. The predicted molar refractivity (Wildman–Crippen MR) is 33.6 cm³/mol. The second kappa shape index (κ2) is 29.6. The van der Waals surface area contributed by atoms with Crippen LogP contribution in [0.15, 0.2) is 0 Å². The van der Waals surface area contributed by atoms with E-state index in [0.717, 1.165) is 0 Å². The molecule has 0 fully saturated rings. The van der Waals surface area contributed by atoms with E-state index in [1.54, 1.807) is 0 Å². The van der Waals surface area contributed by atoms with Gasteiger partial charge in [-0.1, -0.05) is 0 Å². The maximum Gasteiger partial charge on any atom is 3.00 e. The summed E-state index contributed by atoms with van der Waals surface area (Å²) in [5.41, 5.74) is 0. The van der Waals surface area contributed by atoms with Gasteiger partial charge in [0.05, 0.1) is 0 Å². The molecule has 15 heavy (non-hydrogen) atoms. The van der Waals surface area contributed by atoms with Crippen LogP contribution in [0.4, 0.5) is 0 Å². The molecule has 0 atom stereocenters. The van der Waals surface area contributed by atoms with Crippen LogP contribution in [0, 0.1) is 30.3 Å². The van der Waals surface area contributed by atoms with Crippen molar-refractivity contribution in [3.8, 4) is 0 Å². The van der Waals surface area contributed by atoms with Crippen molar-refractivity contribution in [2.24, 2.45) is 0 Å². The molecule has 0 aromatic heterocycles. The van der Waals surface area contributed by atoms with E-state index in [9.17, 15) is 0 Å². The molecule has 0 aliphatic rings. The van der Waals surface area contributed by atoms with E-state index >= 15 is 0 Å². The third-order valence-electron chi connectivity index (χ3n) is 0. The molecule has 0 aromatic carbocycles. The molecule has 0 aromatic rings. The largest absolute Gasteiger partial charge is 3.00 e. The first-order chi connectivity index (χ1) is 5.20. The summed E-state index contributed by atoms with van der Waals surface area (Å²) in [6.07, 6.45) is 0. The van der Waals surface area contributed by atoms with Crippen LogP contribution in [0.5, 0.6) is 0 Å². The van der Waals surface area contributed by atoms with Crippen molar-refractivity contribution in [2.45, 2.75) is 0 Å². The number of nitrogens with zero attached hydrogens (tertiary/aromatic N) is 3. The Morgan fingerprint density at radius 2 is 0.667 bits per heavy atom. The minimum atomic E-state index is -1.50. The van der Waals surface area contributed by atoms with Gasteiger partial charge in [-0.2, -0.15) is 0 Å². The fourth-order valence-corrected chi connectivity index (χ4v) is 0. The molecule has 0 aliphatic carbocycles. The van der Waals surface area contributed by atoms with Gasteiger partial charge in [-0.05, 0) is 0 Å². The van der Waals surface area contributed by atoms with Crippen molar-refractivity contribution in [2.75, 3.05) is 0 Å². The second-order valence-corrected chi connectivity index (χ2v) is 0.714. The molecule has 0 radical (unpaired) electrons. The molecule has 0 saturated heterocycles. The van der Waals surface area contributed by atoms with Crippen molar-refractivity contribution in [3.05, 3.63) is 30.3 Å². The standard InChI is InChI=1S/3HNO3.2H2O.Rh/c3*2-1(3)4;;;/h3*(H,2,3,4);2*1H2;/q;;;;;+3. The third-order valence-corrected chi connectivity index (χ3v) is 0. The first kappa shape index (κ1) is 38.0. The first-order valence-electron chi connectivity index (χ1n) is 1.70. The summed E-state index contributed by atoms with van der Waals surface area (Å²) in [4.78, 5) is 25.1. The molecule has 14 nitrogen and oxygen atoms in total. The van der Waals surface area contributed by atoms with E-state index in [1.807, 2.05) is 0 Å². The Kier molecular flexibility index (Phi) is 74.8. The van der Waals surface area contributed by atoms with Gasteiger partial charge < -0.3 is 26.6 Å². The van der Waals surface area contributed by atoms with Crippen LogP contribution >= 0.6 is 0 Å². The zero-order chi connectivity index (χ0) is 10.7. The topological polar surface area (TPSA) is 253 Å². The summed E-state index contributed by atoms with van der Waals surface area (Å²) in [5, 5.41) is 40.9. The van der Waals surface area contributed by atoms with Crippen molar-refractivity contribution in [3.63, 3.8) is 0 Å². The van der Waals surface area contributed by atoms with Crippen LogP contribution in [0.25, 0.3) is 0 Å². The van der Waals surface area contributed by atoms with E-state index in [1.165, 1.54) is 0 Å². The molecule has 7 N–H and O–H groups in total. The van der Waals surface area contributed by atoms with Gasteiger partial charge in [-0.25, -0.2) is 0 Å². The summed E-state index contributed by atoms with van der Waals surface area (Å²) >= 11 is 0. The van der Waals surface area contributed by atoms with Gasteiger partial charge in [0.1, 0.15) is 0 Å². The summed E-state index contributed by atoms with van der Waals surface area (Å²) in [6, 6.07) is 0. The Labute approximate surface area is 92.4 Å². The van der Waals surface area contributed by atoms with E-state index in [-0.39, 0.29) is 30.4 Å². The van der Waals surface area contributed by atoms with Gasteiger partial charge in [0.2, 0.25) is 0 Å². The molecule has 0 bridgehead atoms. The predicted octanol–water partition coefficient (Wildman–Crippen LogP) is -2.69. The van der Waals surface area contributed by atoms with Crippen LogP contribution in [0.3, 0.4) is 0 Å². The molecular weight excluding hydrogens is 321 g/mol. The fourth-order valence-electron chi connectivity index (χ4n) is 0. The van der Waals surface area contributed by atoms with E-state index in [4.69, 9.17) is 46.0 Å². The number of hydrogen-bond acceptors (Lipinski definition) is 6. The van der Waals surface area contributed by atoms with Gasteiger partial charge >= 0.3 is 19.5 Å². The summed E-state index contributed by atoms with van der Waals surface area (Å²) in [7, 11) is 0. The van der Waals surface area contributed by atoms with Gasteiger partial charge in [-0.15, -0.1) is 30.3 Å². The van der Waals surface area contributed by atoms with Crippen LogP contribution in [0.2, 0.25) is 0 Å². The zero-order valence-electron chi connectivity index (χ0n) is 6.47. The van der Waals surface area contributed by atoms with Gasteiger partial charge in [0.25, 0.3) is 15.3 Å². The average Bonchev–Trinajstić information content (AvgIpc) is 1.54. The summed E-state index contributed by atoms with van der Waals surface area (Å²) < 4.78 is 0. The molecule has 0 amide bonds. The summed E-state index contributed by atoms with van der Waals surface area (Å²) in [6.45, 7) is 0. The Morgan fingerprint density at radius 3 is 0.667 bits per heavy atom. The molecular formula is H7N3O11Rh+3. The van der Waals surface area contributed by atoms with E-state index in [0.29, 0.717) is 0 Å². The SMILES string of the molecule is O.O.O=[N+]([O-])O.O=[N+]([O-])O.O=[N+]([O-])O.[Rh+3]. The van der Waals surface area contributed by atoms with Gasteiger partial charge in [0.15, 0.2) is 0 Å². The van der Waals surface area contributed by atoms with E-state index in [2.05, 4.69) is 0 Å². The third kappa shape index (κ3) is 362. The van der Waals surface area contributed by atoms with Crippen molar-refractivity contribution in [1.29, 1.82) is 0 Å². The van der Waals surface area contributed by atoms with Crippen LogP contribution in [0.1, 0.15) is 0 Å². The maximum atomic E-state index is 8.36. The molecule has 94 valence electrons. The minimum Gasteiger partial charge on any atom is -0.412 e. The Morgan fingerprint density at radius 1 is 0.667 bits per heavy atom. The van der Waals surface area contributed by atoms with Crippen molar-refractivity contribution in [1.82, 2.24) is 0 Å². The number of hydrogen-bond donors (Lipinski definition) is 3. The van der Waals surface area contributed by atoms with Gasteiger partial charge in [-0.3, -0.25) is 0 Å². The Bertz CT molecular complexity index is 113. The minimum absolute atomic E-state index is 0. The Balaban J connectivity index is -0.0000000184. The smallest absolute Gasteiger partial charge is 0.412 e. The van der Waals surface area contributed by atoms with Gasteiger partial charge in [0, 0.05) is 0 Å². The summed E-state index contributed by atoms with van der Waals surface area (Å²) in [5.74, 6) is 0. The van der Waals surface area contributed by atoms with Crippen LogP contribution in [-0.4, -0.2) is 41.8 Å². The second-order valence-electron chi connectivity index (χ2n) is 0.714. The van der Waals surface area contributed by atoms with Crippen molar-refractivity contribution < 1.29 is 61.3 Å². The molecule has 0 spiro atoms. The zero-order valence-corrected chi connectivity index (χ0v) is 8.10. The molecule has 15 heteroatoms. The molecule has 0 rings (SSSR count). The quantitative estimate of drug-likeness (QED) is 0.237.